The summed E-state index contributed by atoms with van der Waals surface area (Å²) in [5, 5.41) is 3.92. The summed E-state index contributed by atoms with van der Waals surface area (Å²) in [4.78, 5) is 9.79. The third kappa shape index (κ3) is 2.24. The monoisotopic (exact) mass is 246 g/mol. The molecule has 0 saturated heterocycles. The van der Waals surface area contributed by atoms with Crippen molar-refractivity contribution in [1.29, 1.82) is 0 Å². The molecule has 0 radical (unpaired) electrons. The molecule has 18 heavy (non-hydrogen) atoms. The van der Waals surface area contributed by atoms with Crippen LogP contribution in [-0.4, -0.2) is 26.3 Å². The number of nitrogens with zero attached hydrogens (tertiary/aromatic N) is 2. The van der Waals surface area contributed by atoms with Crippen molar-refractivity contribution >= 4 is 16.6 Å². The first-order chi connectivity index (χ1) is 8.69. The van der Waals surface area contributed by atoms with E-state index in [9.17, 15) is 0 Å². The normalized spacial score (nSPS) is 10.7. The topological polar surface area (TPSA) is 34.6 Å². The maximum absolute atomic E-state index is 5.26. The van der Waals surface area contributed by atoms with E-state index in [-0.39, 0.29) is 0 Å². The highest BCUT2D eigenvalue weighted by Gasteiger charge is 2.08. The van der Waals surface area contributed by atoms with Crippen molar-refractivity contribution in [1.82, 2.24) is 4.98 Å². The fraction of sp³-hybridized carbons (Fsp3) is 0.357. The maximum Gasteiger partial charge on any atom is 0.152 e. The molecule has 0 amide bonds. The smallest absolute Gasteiger partial charge is 0.152 e. The molecule has 0 unspecified atom stereocenters. The van der Waals surface area contributed by atoms with Crippen molar-refractivity contribution < 1.29 is 9.57 Å². The van der Waals surface area contributed by atoms with E-state index >= 15 is 0 Å². The Morgan fingerprint density at radius 2 is 2.00 bits per heavy atom. The molecule has 0 aliphatic rings. The van der Waals surface area contributed by atoms with Crippen LogP contribution in [0.1, 0.15) is 12.6 Å². The lowest BCUT2D eigenvalue weighted by Crippen LogP contribution is -2.16. The lowest BCUT2D eigenvalue weighted by molar-refractivity contribution is 0.182. The molecule has 4 heteroatoms. The number of anilines is 1. The first-order valence-electron chi connectivity index (χ1n) is 5.95. The highest BCUT2D eigenvalue weighted by molar-refractivity contribution is 5.88. The molecule has 4 nitrogen and oxygen atoms in total. The maximum atomic E-state index is 5.26. The summed E-state index contributed by atoms with van der Waals surface area (Å²) in [5.41, 5.74) is 1.06. The minimum absolute atomic E-state index is 0.801. The van der Waals surface area contributed by atoms with Gasteiger partial charge in [0, 0.05) is 12.4 Å². The second-order valence-electron chi connectivity index (χ2n) is 4.05. The highest BCUT2D eigenvalue weighted by Crippen LogP contribution is 2.26. The van der Waals surface area contributed by atoms with E-state index in [2.05, 4.69) is 18.0 Å². The predicted octanol–water partition coefficient (Wildman–Crippen LogP) is 2.80. The van der Waals surface area contributed by atoms with E-state index < -0.39 is 0 Å². The summed E-state index contributed by atoms with van der Waals surface area (Å²) in [7, 11) is 5.14. The van der Waals surface area contributed by atoms with E-state index in [0.29, 0.717) is 0 Å². The molecular formula is C14H18N2O2. The van der Waals surface area contributed by atoms with Gasteiger partial charge in [-0.15, -0.1) is 0 Å². The average molecular weight is 246 g/mol. The van der Waals surface area contributed by atoms with Gasteiger partial charge < -0.3 is 4.74 Å². The largest absolute Gasteiger partial charge is 0.497 e. The van der Waals surface area contributed by atoms with Crippen LogP contribution in [0.25, 0.3) is 10.8 Å². The molecule has 0 aliphatic heterocycles. The van der Waals surface area contributed by atoms with Crippen LogP contribution in [0.2, 0.25) is 0 Å². The Morgan fingerprint density at radius 1 is 1.22 bits per heavy atom. The van der Waals surface area contributed by atoms with E-state index in [0.717, 1.165) is 34.5 Å². The SMILES string of the molecule is CCc1nc(N(C)OC)cc2cc(OC)ccc12. The van der Waals surface area contributed by atoms with Gasteiger partial charge in [0.15, 0.2) is 5.82 Å². The van der Waals surface area contributed by atoms with Gasteiger partial charge in [-0.25, -0.2) is 10.0 Å². The molecular weight excluding hydrogens is 228 g/mol. The van der Waals surface area contributed by atoms with Gasteiger partial charge in [0.25, 0.3) is 0 Å². The third-order valence-electron chi connectivity index (χ3n) is 3.04. The van der Waals surface area contributed by atoms with Crippen LogP contribution in [0, 0.1) is 0 Å². The molecule has 0 saturated carbocycles. The molecule has 1 heterocycles. The number of aryl methyl sites for hydroxylation is 1. The van der Waals surface area contributed by atoms with Crippen LogP contribution < -0.4 is 9.80 Å². The average Bonchev–Trinajstić information content (AvgIpc) is 2.44. The molecule has 96 valence electrons. The van der Waals surface area contributed by atoms with E-state index in [1.54, 1.807) is 19.3 Å². The van der Waals surface area contributed by atoms with E-state index in [4.69, 9.17) is 9.57 Å². The van der Waals surface area contributed by atoms with Crippen molar-refractivity contribution in [2.45, 2.75) is 13.3 Å². The standard InChI is InChI=1S/C14H18N2O2/c1-5-13-12-7-6-11(17-3)8-10(12)9-14(15-13)16(2)18-4/h6-9H,5H2,1-4H3. The number of hydrogen-bond donors (Lipinski definition) is 0. The number of hydrogen-bond acceptors (Lipinski definition) is 4. The second kappa shape index (κ2) is 5.23. The van der Waals surface area contributed by atoms with Crippen molar-refractivity contribution in [3.05, 3.63) is 30.0 Å². The van der Waals surface area contributed by atoms with Crippen LogP contribution in [0.15, 0.2) is 24.3 Å². The fourth-order valence-corrected chi connectivity index (χ4v) is 1.94. The molecule has 0 fully saturated rings. The Labute approximate surface area is 107 Å². The summed E-state index contributed by atoms with van der Waals surface area (Å²) in [6.07, 6.45) is 0.883. The summed E-state index contributed by atoms with van der Waals surface area (Å²) in [6.45, 7) is 2.10. The minimum Gasteiger partial charge on any atom is -0.497 e. The number of benzene rings is 1. The van der Waals surface area contributed by atoms with Gasteiger partial charge in [-0.05, 0) is 36.1 Å². The lowest BCUT2D eigenvalue weighted by Gasteiger charge is -2.17. The quantitative estimate of drug-likeness (QED) is 0.777. The number of methoxy groups -OCH3 is 1. The van der Waals surface area contributed by atoms with Crippen molar-refractivity contribution in [3.8, 4) is 5.75 Å². The van der Waals surface area contributed by atoms with Crippen LogP contribution in [-0.2, 0) is 11.3 Å². The fourth-order valence-electron chi connectivity index (χ4n) is 1.94. The predicted molar refractivity (Wildman–Crippen MR) is 73.1 cm³/mol. The number of aromatic nitrogens is 1. The summed E-state index contributed by atoms with van der Waals surface area (Å²) < 4.78 is 5.26. The van der Waals surface area contributed by atoms with Gasteiger partial charge in [-0.3, -0.25) is 4.84 Å². The van der Waals surface area contributed by atoms with Crippen LogP contribution >= 0.6 is 0 Å². The first kappa shape index (κ1) is 12.6. The summed E-state index contributed by atoms with van der Waals surface area (Å²) >= 11 is 0. The lowest BCUT2D eigenvalue weighted by atomic mass is 10.1. The number of fused-ring (bicyclic) bond motifs is 1. The Bertz CT molecular complexity index is 555. The highest BCUT2D eigenvalue weighted by atomic mass is 16.7. The zero-order chi connectivity index (χ0) is 13.1. The van der Waals surface area contributed by atoms with Crippen LogP contribution in [0.3, 0.4) is 0 Å². The number of pyridine rings is 1. The molecule has 2 aromatic rings. The van der Waals surface area contributed by atoms with Crippen molar-refractivity contribution in [3.63, 3.8) is 0 Å². The molecule has 0 N–H and O–H groups in total. The van der Waals surface area contributed by atoms with Gasteiger partial charge in [0.05, 0.1) is 19.9 Å². The van der Waals surface area contributed by atoms with Gasteiger partial charge in [-0.1, -0.05) is 6.92 Å². The van der Waals surface area contributed by atoms with Crippen LogP contribution in [0.4, 0.5) is 5.82 Å². The molecule has 2 rings (SSSR count). The Kier molecular flexibility index (Phi) is 3.67. The summed E-state index contributed by atoms with van der Waals surface area (Å²) in [5.74, 6) is 1.65. The molecule has 1 aromatic heterocycles. The second-order valence-corrected chi connectivity index (χ2v) is 4.05. The molecule has 0 atom stereocenters. The van der Waals surface area contributed by atoms with Gasteiger partial charge in [0.2, 0.25) is 0 Å². The van der Waals surface area contributed by atoms with Gasteiger partial charge >= 0.3 is 0 Å². The molecule has 0 bridgehead atoms. The zero-order valence-corrected chi connectivity index (χ0v) is 11.2. The Balaban J connectivity index is 2.64. The first-order valence-corrected chi connectivity index (χ1v) is 5.95. The minimum atomic E-state index is 0.801. The Morgan fingerprint density at radius 3 is 2.61 bits per heavy atom. The molecule has 0 aliphatic carbocycles. The number of rotatable bonds is 4. The van der Waals surface area contributed by atoms with Crippen LogP contribution in [0.5, 0.6) is 5.75 Å². The van der Waals surface area contributed by atoms with Crippen molar-refractivity contribution in [2.24, 2.45) is 0 Å². The van der Waals surface area contributed by atoms with E-state index in [1.807, 2.05) is 25.2 Å². The van der Waals surface area contributed by atoms with Gasteiger partial charge in [-0.2, -0.15) is 0 Å². The summed E-state index contributed by atoms with van der Waals surface area (Å²) in [6, 6.07) is 8.03. The molecule has 1 aromatic carbocycles. The van der Waals surface area contributed by atoms with E-state index in [1.165, 1.54) is 0 Å². The Hall–Kier alpha value is -1.81. The molecule has 0 spiro atoms. The van der Waals surface area contributed by atoms with Gasteiger partial charge in [0.1, 0.15) is 5.75 Å². The number of ether oxygens (including phenoxy) is 1. The zero-order valence-electron chi connectivity index (χ0n) is 11.2. The third-order valence-corrected chi connectivity index (χ3v) is 3.04. The number of hydroxylamine groups is 1. The van der Waals surface area contributed by atoms with Crippen molar-refractivity contribution in [2.75, 3.05) is 26.3 Å².